The van der Waals surface area contributed by atoms with Gasteiger partial charge < -0.3 is 15.2 Å². The monoisotopic (exact) mass is 256 g/mol. The lowest BCUT2D eigenvalue weighted by molar-refractivity contribution is 0.418. The Morgan fingerprint density at radius 3 is 2.17 bits per heavy atom. The molecule has 1 aromatic carbocycles. The van der Waals surface area contributed by atoms with E-state index in [0.29, 0.717) is 0 Å². The fraction of sp³-hybridized carbons (Fsp3) is 0.500. The Morgan fingerprint density at radius 1 is 1.11 bits per heavy atom. The summed E-state index contributed by atoms with van der Waals surface area (Å²) in [5, 5.41) is 0. The molecule has 1 aromatic heterocycles. The van der Waals surface area contributed by atoms with Crippen molar-refractivity contribution in [2.75, 3.05) is 7.11 Å². The average molecular weight is 256 g/mol. The van der Waals surface area contributed by atoms with Crippen LogP contribution in [0.4, 0.5) is 0 Å². The molecule has 2 rings (SSSR count). The first-order valence-electron chi connectivity index (χ1n) is 6.21. The minimum atomic E-state index is 0. The normalized spacial score (nSPS) is 8.39. The van der Waals surface area contributed by atoms with Crippen molar-refractivity contribution in [3.8, 4) is 5.75 Å². The summed E-state index contributed by atoms with van der Waals surface area (Å²) in [6.45, 7) is 12.0. The van der Waals surface area contributed by atoms with Crippen molar-refractivity contribution in [2.24, 2.45) is 0 Å². The second kappa shape index (κ2) is 9.48. The first-order valence-corrected chi connectivity index (χ1v) is 6.21. The van der Waals surface area contributed by atoms with Crippen LogP contribution in [0.15, 0.2) is 12.1 Å². The lowest BCUT2D eigenvalue weighted by atomic mass is 10.2. The third-order valence-electron chi connectivity index (χ3n) is 2.03. The number of ether oxygens (including phenoxy) is 1. The summed E-state index contributed by atoms with van der Waals surface area (Å²) in [5.41, 5.74) is 3.12. The molecule has 0 spiro atoms. The van der Waals surface area contributed by atoms with E-state index in [1.807, 2.05) is 47.6 Å². The van der Waals surface area contributed by atoms with Gasteiger partial charge in [-0.05, 0) is 31.5 Å². The molecule has 0 amide bonds. The van der Waals surface area contributed by atoms with Gasteiger partial charge in [0.25, 0.3) is 0 Å². The van der Waals surface area contributed by atoms with Gasteiger partial charge in [0.05, 0.1) is 12.6 Å². The zero-order valence-electron chi connectivity index (χ0n) is 12.5. The van der Waals surface area contributed by atoms with Crippen LogP contribution in [0, 0.1) is 13.8 Å². The number of aromatic nitrogens is 2. The fourth-order valence-corrected chi connectivity index (χ4v) is 1.50. The highest BCUT2D eigenvalue weighted by Crippen LogP contribution is 2.24. The zero-order chi connectivity index (χ0) is 13.4. The molecule has 4 heteroatoms. The van der Waals surface area contributed by atoms with E-state index in [9.17, 15) is 0 Å². The Hall–Kier alpha value is -1.55. The average Bonchev–Trinajstić information content (AvgIpc) is 2.73. The van der Waals surface area contributed by atoms with Crippen molar-refractivity contribution in [2.45, 2.75) is 41.5 Å². The van der Waals surface area contributed by atoms with Crippen molar-refractivity contribution in [3.63, 3.8) is 0 Å². The van der Waals surface area contributed by atoms with Crippen LogP contribution in [-0.2, 0) is 0 Å². The van der Waals surface area contributed by atoms with Crippen LogP contribution in [0.2, 0.25) is 0 Å². The summed E-state index contributed by atoms with van der Waals surface area (Å²) in [7, 11) is 1.66. The van der Waals surface area contributed by atoms with Crippen LogP contribution in [0.3, 0.4) is 0 Å². The summed E-state index contributed by atoms with van der Waals surface area (Å²) >= 11 is 0. The number of rotatable bonds is 1. The number of methoxy groups -OCH3 is 1. The molecule has 0 unspecified atom stereocenters. The van der Waals surface area contributed by atoms with E-state index in [2.05, 4.69) is 16.0 Å². The van der Waals surface area contributed by atoms with E-state index < -0.39 is 0 Å². The van der Waals surface area contributed by atoms with E-state index in [-0.39, 0.29) is 6.90 Å². The molecular formula is C14H28N2O2. The van der Waals surface area contributed by atoms with Gasteiger partial charge in [-0.1, -0.05) is 27.7 Å². The Kier molecular flexibility index (Phi) is 9.90. The number of imidazole rings is 1. The first kappa shape index (κ1) is 18.8. The number of aromatic amines is 1. The largest absolute Gasteiger partial charge is 0.494 e. The predicted molar refractivity (Wildman–Crippen MR) is 80.5 cm³/mol. The highest BCUT2D eigenvalue weighted by atomic mass is 16.5. The van der Waals surface area contributed by atoms with Gasteiger partial charge in [0.15, 0.2) is 0 Å². The highest BCUT2D eigenvalue weighted by Gasteiger charge is 2.06. The molecule has 0 bridgehead atoms. The summed E-state index contributed by atoms with van der Waals surface area (Å²) < 4.78 is 5.24. The molecule has 106 valence electrons. The Bertz CT molecular complexity index is 456. The van der Waals surface area contributed by atoms with Crippen LogP contribution in [-0.4, -0.2) is 22.6 Å². The van der Waals surface area contributed by atoms with E-state index >= 15 is 0 Å². The molecule has 0 aliphatic heterocycles. The first-order chi connectivity index (χ1) is 8.20. The molecule has 0 saturated carbocycles. The number of nitrogens with one attached hydrogen (secondary N) is 1. The summed E-state index contributed by atoms with van der Waals surface area (Å²) in [6.07, 6.45) is 0. The number of nitrogens with zero attached hydrogens (tertiary/aromatic N) is 1. The van der Waals surface area contributed by atoms with E-state index in [1.54, 1.807) is 7.11 Å². The standard InChI is InChI=1S/C10H12N2O.2C2H6.H2O.H2/c1-6-4-8-10(9(5-6)13-3)12-7(2)11-8;2*1-2;;/h4-5H,1-3H3,(H,11,12);2*1-2H3;1H2;1H. The molecular weight excluding hydrogens is 228 g/mol. The summed E-state index contributed by atoms with van der Waals surface area (Å²) in [6, 6.07) is 4.06. The van der Waals surface area contributed by atoms with Crippen molar-refractivity contribution < 1.29 is 11.6 Å². The number of fused-ring (bicyclic) bond motifs is 1. The maximum atomic E-state index is 5.24. The fourth-order valence-electron chi connectivity index (χ4n) is 1.50. The molecule has 0 fully saturated rings. The number of hydrogen-bond donors (Lipinski definition) is 1. The molecule has 4 nitrogen and oxygen atoms in total. The Morgan fingerprint density at radius 2 is 1.67 bits per heavy atom. The molecule has 0 radical (unpaired) electrons. The lowest BCUT2D eigenvalue weighted by Gasteiger charge is -2.01. The Labute approximate surface area is 111 Å². The second-order valence-electron chi connectivity index (χ2n) is 3.19. The van der Waals surface area contributed by atoms with Gasteiger partial charge >= 0.3 is 0 Å². The molecule has 0 aliphatic rings. The van der Waals surface area contributed by atoms with Crippen molar-refractivity contribution in [1.29, 1.82) is 0 Å². The number of aryl methyl sites for hydroxylation is 2. The van der Waals surface area contributed by atoms with Crippen LogP contribution < -0.4 is 4.74 Å². The minimum Gasteiger partial charge on any atom is -0.494 e. The predicted octanol–water partition coefficient (Wildman–Crippen LogP) is 3.66. The quantitative estimate of drug-likeness (QED) is 0.845. The molecule has 0 aliphatic carbocycles. The lowest BCUT2D eigenvalue weighted by Crippen LogP contribution is -1.85. The van der Waals surface area contributed by atoms with Crippen LogP contribution in [0.25, 0.3) is 11.0 Å². The van der Waals surface area contributed by atoms with Gasteiger partial charge in [0.1, 0.15) is 17.1 Å². The smallest absolute Gasteiger partial charge is 0.146 e. The topological polar surface area (TPSA) is 69.4 Å². The third kappa shape index (κ3) is 4.37. The maximum Gasteiger partial charge on any atom is 0.146 e. The van der Waals surface area contributed by atoms with E-state index in [4.69, 9.17) is 4.74 Å². The van der Waals surface area contributed by atoms with Gasteiger partial charge in [-0.3, -0.25) is 0 Å². The third-order valence-corrected chi connectivity index (χ3v) is 2.03. The van der Waals surface area contributed by atoms with Crippen LogP contribution in [0.1, 0.15) is 40.5 Å². The van der Waals surface area contributed by atoms with Crippen LogP contribution >= 0.6 is 0 Å². The number of H-pyrrole nitrogens is 1. The van der Waals surface area contributed by atoms with Gasteiger partial charge in [-0.2, -0.15) is 0 Å². The number of benzene rings is 1. The van der Waals surface area contributed by atoms with E-state index in [1.165, 1.54) is 5.56 Å². The molecule has 1 heterocycles. The summed E-state index contributed by atoms with van der Waals surface area (Å²) in [5.74, 6) is 1.75. The van der Waals surface area contributed by atoms with Crippen molar-refractivity contribution in [1.82, 2.24) is 9.97 Å². The second-order valence-corrected chi connectivity index (χ2v) is 3.19. The van der Waals surface area contributed by atoms with Crippen molar-refractivity contribution >= 4 is 11.0 Å². The van der Waals surface area contributed by atoms with Crippen LogP contribution in [0.5, 0.6) is 5.75 Å². The molecule has 0 saturated heterocycles. The minimum absolute atomic E-state index is 0. The van der Waals surface area contributed by atoms with Gasteiger partial charge in [-0.15, -0.1) is 0 Å². The molecule has 2 aromatic rings. The Balaban J connectivity index is -0.000000392. The summed E-state index contributed by atoms with van der Waals surface area (Å²) in [4.78, 5) is 7.53. The maximum absolute atomic E-state index is 5.24. The van der Waals surface area contributed by atoms with Gasteiger partial charge in [-0.25, -0.2) is 4.98 Å². The van der Waals surface area contributed by atoms with Gasteiger partial charge in [0.2, 0.25) is 0 Å². The highest BCUT2D eigenvalue weighted by molar-refractivity contribution is 5.82. The molecule has 3 N–H and O–H groups in total. The van der Waals surface area contributed by atoms with Gasteiger partial charge in [0, 0.05) is 1.43 Å². The molecule has 18 heavy (non-hydrogen) atoms. The molecule has 0 atom stereocenters. The van der Waals surface area contributed by atoms with E-state index in [0.717, 1.165) is 22.6 Å². The zero-order valence-corrected chi connectivity index (χ0v) is 12.5. The number of hydrogen-bond acceptors (Lipinski definition) is 2. The van der Waals surface area contributed by atoms with Crippen molar-refractivity contribution in [3.05, 3.63) is 23.5 Å². The SMILES string of the molecule is CC.CC.COc1cc(C)cc2[nH]c(C)nc12.O.[HH].